The molecule has 2 unspecified atom stereocenters. The third kappa shape index (κ3) is 4.71. The highest BCUT2D eigenvalue weighted by atomic mass is 16.1. The van der Waals surface area contributed by atoms with Crippen LogP contribution in [0.4, 0.5) is 0 Å². The number of carbonyl (C=O) groups is 2. The lowest BCUT2D eigenvalue weighted by Gasteiger charge is -2.24. The van der Waals surface area contributed by atoms with E-state index in [-0.39, 0.29) is 11.8 Å². The Labute approximate surface area is 123 Å². The molecule has 2 rings (SSSR count). The number of rotatable bonds is 1. The summed E-state index contributed by atoms with van der Waals surface area (Å²) in [6.45, 7) is 0. The molecule has 2 atom stereocenters. The molecule has 2 heteroatoms. The minimum absolute atomic E-state index is 0.0544. The molecule has 2 saturated carbocycles. The van der Waals surface area contributed by atoms with Crippen molar-refractivity contribution in [1.82, 2.24) is 0 Å². The number of hydrogen-bond donors (Lipinski definition) is 0. The van der Waals surface area contributed by atoms with E-state index in [0.717, 1.165) is 38.5 Å². The maximum Gasteiger partial charge on any atom is 0.136 e. The number of ketones is 2. The van der Waals surface area contributed by atoms with E-state index >= 15 is 0 Å². The Bertz CT molecular complexity index is 289. The lowest BCUT2D eigenvalue weighted by Crippen LogP contribution is -2.30. The molecule has 0 aromatic carbocycles. The maximum atomic E-state index is 12.5. The summed E-state index contributed by atoms with van der Waals surface area (Å²) in [7, 11) is 0. The Morgan fingerprint density at radius 2 is 0.850 bits per heavy atom. The van der Waals surface area contributed by atoms with Crippen molar-refractivity contribution in [1.29, 1.82) is 0 Å². The maximum absolute atomic E-state index is 12.5. The molecular formula is C18H30O2. The quantitative estimate of drug-likeness (QED) is 0.687. The first-order valence-electron chi connectivity index (χ1n) is 8.84. The predicted octanol–water partition coefficient (Wildman–Crippen LogP) is 4.85. The topological polar surface area (TPSA) is 34.1 Å². The molecule has 0 amide bonds. The Hall–Kier alpha value is -0.660. The van der Waals surface area contributed by atoms with Crippen molar-refractivity contribution in [3.8, 4) is 0 Å². The fraction of sp³-hybridized carbons (Fsp3) is 0.889. The van der Waals surface area contributed by atoms with Gasteiger partial charge in [0, 0.05) is 24.7 Å². The summed E-state index contributed by atoms with van der Waals surface area (Å²) < 4.78 is 0. The molecular weight excluding hydrogens is 248 g/mol. The minimum Gasteiger partial charge on any atom is -0.299 e. The smallest absolute Gasteiger partial charge is 0.136 e. The SMILES string of the molecule is O=C1CCCCCCCC1C1CCCCCCCC1=O. The molecule has 0 bridgehead atoms. The molecule has 0 radical (unpaired) electrons. The van der Waals surface area contributed by atoms with Crippen LogP contribution in [0.1, 0.15) is 89.9 Å². The molecule has 0 aliphatic heterocycles. The van der Waals surface area contributed by atoms with Crippen LogP contribution in [0.2, 0.25) is 0 Å². The second-order valence-corrected chi connectivity index (χ2v) is 6.76. The highest BCUT2D eigenvalue weighted by Crippen LogP contribution is 2.31. The van der Waals surface area contributed by atoms with Crippen molar-refractivity contribution in [2.24, 2.45) is 11.8 Å². The van der Waals surface area contributed by atoms with Crippen LogP contribution in [-0.2, 0) is 9.59 Å². The minimum atomic E-state index is 0.0544. The van der Waals surface area contributed by atoms with Crippen molar-refractivity contribution in [3.63, 3.8) is 0 Å². The first-order chi connectivity index (χ1) is 9.79. The standard InChI is InChI=1S/C18H30O2/c19-17-13-9-5-1-3-7-11-15(17)16-12-8-4-2-6-10-14-18(16)20/h15-16H,1-14H2. The Kier molecular flexibility index (Phi) is 6.75. The van der Waals surface area contributed by atoms with Crippen molar-refractivity contribution in [3.05, 3.63) is 0 Å². The summed E-state index contributed by atoms with van der Waals surface area (Å²) in [4.78, 5) is 25.0. The van der Waals surface area contributed by atoms with Crippen molar-refractivity contribution >= 4 is 11.6 Å². The zero-order valence-electron chi connectivity index (χ0n) is 12.9. The summed E-state index contributed by atoms with van der Waals surface area (Å²) in [5, 5.41) is 0. The fourth-order valence-corrected chi connectivity index (χ4v) is 3.93. The molecule has 0 aromatic rings. The van der Waals surface area contributed by atoms with E-state index in [1.165, 1.54) is 38.5 Å². The monoisotopic (exact) mass is 278 g/mol. The van der Waals surface area contributed by atoms with Gasteiger partial charge in [-0.05, 0) is 25.7 Å². The van der Waals surface area contributed by atoms with E-state index in [4.69, 9.17) is 0 Å². The molecule has 2 aliphatic rings. The summed E-state index contributed by atoms with van der Waals surface area (Å²) in [5.41, 5.74) is 0. The van der Waals surface area contributed by atoms with Crippen LogP contribution < -0.4 is 0 Å². The Morgan fingerprint density at radius 1 is 0.500 bits per heavy atom. The van der Waals surface area contributed by atoms with Gasteiger partial charge in [-0.1, -0.05) is 51.4 Å². The molecule has 20 heavy (non-hydrogen) atoms. The third-order valence-corrected chi connectivity index (χ3v) is 5.19. The second kappa shape index (κ2) is 8.59. The normalized spacial score (nSPS) is 31.4. The summed E-state index contributed by atoms with van der Waals surface area (Å²) in [6, 6.07) is 0. The van der Waals surface area contributed by atoms with E-state index in [2.05, 4.69) is 0 Å². The van der Waals surface area contributed by atoms with Crippen LogP contribution in [-0.4, -0.2) is 11.6 Å². The van der Waals surface area contributed by atoms with Gasteiger partial charge in [-0.3, -0.25) is 9.59 Å². The van der Waals surface area contributed by atoms with Crippen LogP contribution in [0, 0.1) is 11.8 Å². The zero-order chi connectivity index (χ0) is 14.2. The van der Waals surface area contributed by atoms with Gasteiger partial charge in [0.1, 0.15) is 11.6 Å². The highest BCUT2D eigenvalue weighted by molar-refractivity contribution is 5.89. The molecule has 0 saturated heterocycles. The van der Waals surface area contributed by atoms with Crippen LogP contribution in [0.25, 0.3) is 0 Å². The van der Waals surface area contributed by atoms with Gasteiger partial charge in [-0.25, -0.2) is 0 Å². The van der Waals surface area contributed by atoms with Crippen LogP contribution in [0.3, 0.4) is 0 Å². The van der Waals surface area contributed by atoms with Gasteiger partial charge in [0.05, 0.1) is 0 Å². The van der Waals surface area contributed by atoms with E-state index < -0.39 is 0 Å². The Balaban J connectivity index is 2.05. The van der Waals surface area contributed by atoms with Gasteiger partial charge < -0.3 is 0 Å². The van der Waals surface area contributed by atoms with Gasteiger partial charge in [-0.15, -0.1) is 0 Å². The van der Waals surface area contributed by atoms with Gasteiger partial charge in [0.15, 0.2) is 0 Å². The van der Waals surface area contributed by atoms with E-state index in [1.807, 2.05) is 0 Å². The van der Waals surface area contributed by atoms with Crippen LogP contribution in [0.5, 0.6) is 0 Å². The average Bonchev–Trinajstić information content (AvgIpc) is 2.60. The first kappa shape index (κ1) is 15.7. The fourth-order valence-electron chi connectivity index (χ4n) is 3.93. The molecule has 114 valence electrons. The van der Waals surface area contributed by atoms with E-state index in [9.17, 15) is 9.59 Å². The predicted molar refractivity (Wildman–Crippen MR) is 81.6 cm³/mol. The van der Waals surface area contributed by atoms with E-state index in [1.54, 1.807) is 0 Å². The lowest BCUT2D eigenvalue weighted by molar-refractivity contribution is -0.133. The molecule has 2 nitrogen and oxygen atoms in total. The number of Topliss-reactive ketones (excluding diaryl/α,β-unsaturated/α-hetero) is 2. The molecule has 2 aliphatic carbocycles. The molecule has 0 spiro atoms. The van der Waals surface area contributed by atoms with Crippen molar-refractivity contribution in [2.45, 2.75) is 89.9 Å². The largest absolute Gasteiger partial charge is 0.299 e. The molecule has 0 aromatic heterocycles. The van der Waals surface area contributed by atoms with E-state index in [0.29, 0.717) is 24.4 Å². The first-order valence-corrected chi connectivity index (χ1v) is 8.84. The number of carbonyl (C=O) groups excluding carboxylic acids is 2. The molecule has 2 fully saturated rings. The highest BCUT2D eigenvalue weighted by Gasteiger charge is 2.32. The molecule has 0 heterocycles. The van der Waals surface area contributed by atoms with Crippen LogP contribution in [0.15, 0.2) is 0 Å². The van der Waals surface area contributed by atoms with Crippen molar-refractivity contribution in [2.75, 3.05) is 0 Å². The van der Waals surface area contributed by atoms with Crippen molar-refractivity contribution < 1.29 is 9.59 Å². The summed E-state index contributed by atoms with van der Waals surface area (Å²) >= 11 is 0. The lowest BCUT2D eigenvalue weighted by atomic mass is 9.77. The van der Waals surface area contributed by atoms with Gasteiger partial charge in [-0.2, -0.15) is 0 Å². The summed E-state index contributed by atoms with van der Waals surface area (Å²) in [6.07, 6.45) is 15.1. The Morgan fingerprint density at radius 3 is 1.30 bits per heavy atom. The second-order valence-electron chi connectivity index (χ2n) is 6.76. The third-order valence-electron chi connectivity index (χ3n) is 5.19. The van der Waals surface area contributed by atoms with Gasteiger partial charge >= 0.3 is 0 Å². The van der Waals surface area contributed by atoms with Gasteiger partial charge in [0.2, 0.25) is 0 Å². The van der Waals surface area contributed by atoms with Crippen LogP contribution >= 0.6 is 0 Å². The summed E-state index contributed by atoms with van der Waals surface area (Å²) in [5.74, 6) is 0.895. The zero-order valence-corrected chi connectivity index (χ0v) is 12.9. The number of hydrogen-bond acceptors (Lipinski definition) is 2. The molecule has 0 N–H and O–H groups in total. The van der Waals surface area contributed by atoms with Gasteiger partial charge in [0.25, 0.3) is 0 Å². The average molecular weight is 278 g/mol.